The Bertz CT molecular complexity index is 448. The third-order valence-corrected chi connectivity index (χ3v) is 3.94. The van der Waals surface area contributed by atoms with Crippen molar-refractivity contribution in [2.45, 2.75) is 44.4 Å². The van der Waals surface area contributed by atoms with Gasteiger partial charge in [-0.15, -0.1) is 0 Å². The molecule has 1 heterocycles. The van der Waals surface area contributed by atoms with Crippen LogP contribution in [0.25, 0.3) is 0 Å². The first kappa shape index (κ1) is 12.9. The molecular formula is C15H21FN2O. The molecule has 1 atom stereocenters. The van der Waals surface area contributed by atoms with Gasteiger partial charge in [0.15, 0.2) is 0 Å². The monoisotopic (exact) mass is 264 g/mol. The van der Waals surface area contributed by atoms with Gasteiger partial charge in [0.05, 0.1) is 6.10 Å². The van der Waals surface area contributed by atoms with E-state index in [1.807, 2.05) is 6.07 Å². The Morgan fingerprint density at radius 1 is 1.32 bits per heavy atom. The maximum Gasteiger partial charge on any atom is 0.123 e. The first-order valence-electron chi connectivity index (χ1n) is 7.17. The number of aliphatic hydroxyl groups excluding tert-OH is 1. The maximum atomic E-state index is 13.4. The van der Waals surface area contributed by atoms with Gasteiger partial charge in [-0.3, -0.25) is 0 Å². The van der Waals surface area contributed by atoms with Crippen molar-refractivity contribution in [3.63, 3.8) is 0 Å². The van der Waals surface area contributed by atoms with Crippen LogP contribution in [0.15, 0.2) is 18.2 Å². The average molecular weight is 264 g/mol. The molecule has 0 radical (unpaired) electrons. The number of anilines is 1. The Balaban J connectivity index is 1.77. The summed E-state index contributed by atoms with van der Waals surface area (Å²) in [4.78, 5) is 2.18. The van der Waals surface area contributed by atoms with E-state index in [0.717, 1.165) is 30.6 Å². The predicted octanol–water partition coefficient (Wildman–Crippen LogP) is 2.04. The summed E-state index contributed by atoms with van der Waals surface area (Å²) in [5.41, 5.74) is 2.06. The van der Waals surface area contributed by atoms with Gasteiger partial charge >= 0.3 is 0 Å². The number of halogens is 1. The second-order valence-electron chi connectivity index (χ2n) is 5.67. The Morgan fingerprint density at radius 2 is 2.16 bits per heavy atom. The topological polar surface area (TPSA) is 35.5 Å². The Morgan fingerprint density at radius 3 is 2.89 bits per heavy atom. The lowest BCUT2D eigenvalue weighted by molar-refractivity contribution is 0.154. The van der Waals surface area contributed by atoms with Crippen molar-refractivity contribution >= 4 is 5.69 Å². The van der Waals surface area contributed by atoms with Crippen molar-refractivity contribution < 1.29 is 9.50 Å². The van der Waals surface area contributed by atoms with Crippen LogP contribution >= 0.6 is 0 Å². The van der Waals surface area contributed by atoms with E-state index in [0.29, 0.717) is 19.1 Å². The Labute approximate surface area is 113 Å². The highest BCUT2D eigenvalue weighted by molar-refractivity contribution is 5.54. The van der Waals surface area contributed by atoms with E-state index in [1.54, 1.807) is 6.07 Å². The summed E-state index contributed by atoms with van der Waals surface area (Å²) in [5.74, 6) is -0.186. The molecule has 0 aromatic heterocycles. The van der Waals surface area contributed by atoms with Gasteiger partial charge in [-0.25, -0.2) is 4.39 Å². The molecule has 4 heteroatoms. The van der Waals surface area contributed by atoms with Crippen LogP contribution in [0.3, 0.4) is 0 Å². The van der Waals surface area contributed by atoms with Crippen molar-refractivity contribution in [2.24, 2.45) is 0 Å². The van der Waals surface area contributed by atoms with E-state index in [-0.39, 0.29) is 11.9 Å². The molecule has 104 valence electrons. The largest absolute Gasteiger partial charge is 0.391 e. The molecule has 0 spiro atoms. The number of hydrogen-bond acceptors (Lipinski definition) is 3. The zero-order valence-corrected chi connectivity index (χ0v) is 11.1. The van der Waals surface area contributed by atoms with Crippen LogP contribution in [0.5, 0.6) is 0 Å². The van der Waals surface area contributed by atoms with Gasteiger partial charge in [0.1, 0.15) is 5.82 Å². The minimum absolute atomic E-state index is 0.186. The molecule has 0 bridgehead atoms. The first-order valence-corrected chi connectivity index (χ1v) is 7.17. The number of hydrogen-bond donors (Lipinski definition) is 2. The summed E-state index contributed by atoms with van der Waals surface area (Å²) in [6.07, 6.45) is 4.06. The molecule has 2 aliphatic rings. The summed E-state index contributed by atoms with van der Waals surface area (Å²) in [6.45, 7) is 2.31. The van der Waals surface area contributed by atoms with Crippen LogP contribution in [-0.2, 0) is 6.54 Å². The predicted molar refractivity (Wildman–Crippen MR) is 73.7 cm³/mol. The summed E-state index contributed by atoms with van der Waals surface area (Å²) in [6, 6.07) is 5.59. The van der Waals surface area contributed by atoms with Crippen molar-refractivity contribution in [3.05, 3.63) is 29.6 Å². The minimum Gasteiger partial charge on any atom is -0.391 e. The van der Waals surface area contributed by atoms with Gasteiger partial charge in [-0.2, -0.15) is 0 Å². The molecule has 1 aromatic carbocycles. The maximum absolute atomic E-state index is 13.4. The lowest BCUT2D eigenvalue weighted by atomic mass is 10.0. The molecule has 1 saturated carbocycles. The van der Waals surface area contributed by atoms with Crippen LogP contribution in [0.4, 0.5) is 10.1 Å². The fourth-order valence-electron chi connectivity index (χ4n) is 2.72. The van der Waals surface area contributed by atoms with Gasteiger partial charge in [0, 0.05) is 31.4 Å². The molecule has 1 unspecified atom stereocenters. The second-order valence-corrected chi connectivity index (χ2v) is 5.67. The summed E-state index contributed by atoms with van der Waals surface area (Å²) in [7, 11) is 0. The lowest BCUT2D eigenvalue weighted by Gasteiger charge is -2.33. The van der Waals surface area contributed by atoms with Gasteiger partial charge in [-0.1, -0.05) is 0 Å². The zero-order chi connectivity index (χ0) is 13.2. The van der Waals surface area contributed by atoms with E-state index in [1.165, 1.54) is 18.9 Å². The molecule has 19 heavy (non-hydrogen) atoms. The van der Waals surface area contributed by atoms with Crippen LogP contribution in [0.2, 0.25) is 0 Å². The van der Waals surface area contributed by atoms with E-state index in [4.69, 9.17) is 0 Å². The minimum atomic E-state index is -0.261. The second kappa shape index (κ2) is 5.47. The van der Waals surface area contributed by atoms with E-state index in [9.17, 15) is 9.50 Å². The first-order chi connectivity index (χ1) is 9.22. The van der Waals surface area contributed by atoms with Crippen molar-refractivity contribution in [1.29, 1.82) is 0 Å². The van der Waals surface area contributed by atoms with Gasteiger partial charge in [0.2, 0.25) is 0 Å². The average Bonchev–Trinajstić information content (AvgIpc) is 3.20. The van der Waals surface area contributed by atoms with Gasteiger partial charge in [0.25, 0.3) is 0 Å². The fourth-order valence-corrected chi connectivity index (χ4v) is 2.72. The SMILES string of the molecule is OC1CCCN(c2ccc(F)cc2CNC2CC2)C1. The number of benzene rings is 1. The smallest absolute Gasteiger partial charge is 0.123 e. The van der Waals surface area contributed by atoms with Crippen LogP contribution in [0.1, 0.15) is 31.2 Å². The van der Waals surface area contributed by atoms with Crippen LogP contribution in [0, 0.1) is 5.82 Å². The van der Waals surface area contributed by atoms with Crippen molar-refractivity contribution in [1.82, 2.24) is 5.32 Å². The third-order valence-electron chi connectivity index (χ3n) is 3.94. The molecule has 3 nitrogen and oxygen atoms in total. The number of nitrogens with one attached hydrogen (secondary N) is 1. The molecule has 1 saturated heterocycles. The molecule has 1 aromatic rings. The lowest BCUT2D eigenvalue weighted by Crippen LogP contribution is -2.39. The number of nitrogens with zero attached hydrogens (tertiary/aromatic N) is 1. The van der Waals surface area contributed by atoms with E-state index < -0.39 is 0 Å². The zero-order valence-electron chi connectivity index (χ0n) is 11.1. The standard InChI is InChI=1S/C15H21FN2O/c16-12-3-6-15(18-7-1-2-14(19)10-18)11(8-12)9-17-13-4-5-13/h3,6,8,13-14,17,19H,1-2,4-5,7,9-10H2. The molecule has 3 rings (SSSR count). The quantitative estimate of drug-likeness (QED) is 0.873. The normalized spacial score (nSPS) is 23.7. The molecular weight excluding hydrogens is 243 g/mol. The van der Waals surface area contributed by atoms with Crippen molar-refractivity contribution in [3.8, 4) is 0 Å². The summed E-state index contributed by atoms with van der Waals surface area (Å²) < 4.78 is 13.4. The van der Waals surface area contributed by atoms with Gasteiger partial charge < -0.3 is 15.3 Å². The number of rotatable bonds is 4. The van der Waals surface area contributed by atoms with Gasteiger partial charge in [-0.05, 0) is 49.4 Å². The van der Waals surface area contributed by atoms with Crippen LogP contribution in [-0.4, -0.2) is 30.3 Å². The Hall–Kier alpha value is -1.13. The molecule has 1 aliphatic carbocycles. The highest BCUT2D eigenvalue weighted by Gasteiger charge is 2.23. The Kier molecular flexibility index (Phi) is 3.71. The molecule has 2 fully saturated rings. The summed E-state index contributed by atoms with van der Waals surface area (Å²) >= 11 is 0. The van der Waals surface area contributed by atoms with E-state index in [2.05, 4.69) is 10.2 Å². The number of piperidine rings is 1. The van der Waals surface area contributed by atoms with E-state index >= 15 is 0 Å². The molecule has 2 N–H and O–H groups in total. The van der Waals surface area contributed by atoms with Crippen LogP contribution < -0.4 is 10.2 Å². The third kappa shape index (κ3) is 3.25. The number of aliphatic hydroxyl groups is 1. The fraction of sp³-hybridized carbons (Fsp3) is 0.600. The summed E-state index contributed by atoms with van der Waals surface area (Å²) in [5, 5.41) is 13.2. The highest BCUT2D eigenvalue weighted by Crippen LogP contribution is 2.27. The molecule has 1 aliphatic heterocycles. The molecule has 0 amide bonds. The van der Waals surface area contributed by atoms with Crippen molar-refractivity contribution in [2.75, 3.05) is 18.0 Å². The highest BCUT2D eigenvalue weighted by atomic mass is 19.1. The number of β-amino-alcohol motifs (C(OH)–C–C–N with tert-alkyl or cyclic N) is 1.